The predicted octanol–water partition coefficient (Wildman–Crippen LogP) is 0.885. The zero-order valence-electron chi connectivity index (χ0n) is 4.49. The van der Waals surface area contributed by atoms with E-state index in [0.717, 1.165) is 24.8 Å². The third-order valence-corrected chi connectivity index (χ3v) is 2.37. The third-order valence-electron chi connectivity index (χ3n) is 0.354. The molecule has 0 bridgehead atoms. The van der Waals surface area contributed by atoms with E-state index in [-0.39, 0.29) is 5.60 Å². The molecule has 0 saturated carbocycles. The normalized spacial score (nSPS) is 11.8. The summed E-state index contributed by atoms with van der Waals surface area (Å²) in [5.74, 6) is 0. The molecule has 6 heavy (non-hydrogen) atoms. The summed E-state index contributed by atoms with van der Waals surface area (Å²) >= 11 is 0.903. The molecule has 2 radical (unpaired) electrons. The van der Waals surface area contributed by atoms with E-state index in [1.165, 1.54) is 0 Å². The van der Waals surface area contributed by atoms with Crippen LogP contribution in [0.2, 0.25) is 0 Å². The van der Waals surface area contributed by atoms with Crippen molar-refractivity contribution < 1.29 is 2.85 Å². The molecular formula is C4H9InO. The Bertz CT molecular complexity index is 37.3. The third kappa shape index (κ3) is 4.83. The van der Waals surface area contributed by atoms with Crippen LogP contribution in [0, 0.1) is 0 Å². The van der Waals surface area contributed by atoms with E-state index in [0.29, 0.717) is 0 Å². The van der Waals surface area contributed by atoms with Gasteiger partial charge < -0.3 is 0 Å². The molecule has 0 aliphatic rings. The van der Waals surface area contributed by atoms with Crippen molar-refractivity contribution in [3.05, 3.63) is 0 Å². The first-order valence-electron chi connectivity index (χ1n) is 1.94. The summed E-state index contributed by atoms with van der Waals surface area (Å²) < 4.78 is 5.07. The molecule has 0 aromatic carbocycles. The molecule has 0 saturated heterocycles. The molecule has 34 valence electrons. The van der Waals surface area contributed by atoms with Crippen LogP contribution < -0.4 is 0 Å². The molecule has 2 heteroatoms. The Morgan fingerprint density at radius 2 is 1.50 bits per heavy atom. The summed E-state index contributed by atoms with van der Waals surface area (Å²) in [6, 6.07) is 0. The second kappa shape index (κ2) is 2.22. The Hall–Kier alpha value is 0.830. The van der Waals surface area contributed by atoms with Crippen LogP contribution in [0.1, 0.15) is 20.8 Å². The topological polar surface area (TPSA) is 9.23 Å². The van der Waals surface area contributed by atoms with Crippen molar-refractivity contribution in [2.45, 2.75) is 26.4 Å². The molecule has 0 atom stereocenters. The molecule has 1 nitrogen and oxygen atoms in total. The van der Waals surface area contributed by atoms with Gasteiger partial charge in [-0.1, -0.05) is 0 Å². The molecular weight excluding hydrogens is 179 g/mol. The van der Waals surface area contributed by atoms with Crippen molar-refractivity contribution in [2.24, 2.45) is 0 Å². The van der Waals surface area contributed by atoms with Crippen LogP contribution in [0.25, 0.3) is 0 Å². The average Bonchev–Trinajstić information content (AvgIpc) is 1.35. The van der Waals surface area contributed by atoms with Crippen molar-refractivity contribution in [2.75, 3.05) is 0 Å². The first-order valence-corrected chi connectivity index (χ1v) is 3.29. The Labute approximate surface area is 54.3 Å². The van der Waals surface area contributed by atoms with E-state index in [1.54, 1.807) is 0 Å². The van der Waals surface area contributed by atoms with Gasteiger partial charge in [-0.25, -0.2) is 0 Å². The second-order valence-electron chi connectivity index (χ2n) is 2.23. The van der Waals surface area contributed by atoms with Crippen molar-refractivity contribution in [1.82, 2.24) is 0 Å². The van der Waals surface area contributed by atoms with E-state index in [2.05, 4.69) is 20.8 Å². The summed E-state index contributed by atoms with van der Waals surface area (Å²) in [5, 5.41) is 0. The Kier molecular flexibility index (Phi) is 2.53. The Balaban J connectivity index is 3.17. The molecule has 0 amide bonds. The van der Waals surface area contributed by atoms with Gasteiger partial charge in [-0.2, -0.15) is 0 Å². The molecule has 0 spiro atoms. The van der Waals surface area contributed by atoms with Crippen molar-refractivity contribution in [3.63, 3.8) is 0 Å². The Morgan fingerprint density at radius 3 is 1.50 bits per heavy atom. The van der Waals surface area contributed by atoms with Gasteiger partial charge in [0.2, 0.25) is 0 Å². The van der Waals surface area contributed by atoms with E-state index in [1.807, 2.05) is 0 Å². The van der Waals surface area contributed by atoms with Crippen LogP contribution in [-0.2, 0) is 2.85 Å². The van der Waals surface area contributed by atoms with Gasteiger partial charge in [0.15, 0.2) is 0 Å². The van der Waals surface area contributed by atoms with Gasteiger partial charge in [0, 0.05) is 0 Å². The minimum atomic E-state index is 0.0994. The van der Waals surface area contributed by atoms with Crippen LogP contribution in [-0.4, -0.2) is 30.4 Å². The van der Waals surface area contributed by atoms with Gasteiger partial charge in [-0.05, 0) is 0 Å². The maximum absolute atomic E-state index is 5.07. The minimum absolute atomic E-state index is 0.0994. The predicted molar refractivity (Wildman–Crippen MR) is 26.6 cm³/mol. The fraction of sp³-hybridized carbons (Fsp3) is 1.00. The van der Waals surface area contributed by atoms with Gasteiger partial charge in [0.05, 0.1) is 0 Å². The maximum atomic E-state index is 5.07. The van der Waals surface area contributed by atoms with Crippen molar-refractivity contribution >= 4 is 24.8 Å². The van der Waals surface area contributed by atoms with Crippen LogP contribution >= 0.6 is 0 Å². The average molecular weight is 188 g/mol. The summed E-state index contributed by atoms with van der Waals surface area (Å²) in [6.45, 7) is 6.16. The van der Waals surface area contributed by atoms with Crippen LogP contribution in [0.5, 0.6) is 0 Å². The van der Waals surface area contributed by atoms with Crippen LogP contribution in [0.15, 0.2) is 0 Å². The van der Waals surface area contributed by atoms with Gasteiger partial charge in [-0.15, -0.1) is 0 Å². The molecule has 0 aliphatic carbocycles. The molecule has 0 fully saturated rings. The zero-order chi connectivity index (χ0) is 5.21. The van der Waals surface area contributed by atoms with E-state index in [4.69, 9.17) is 2.85 Å². The molecule has 0 aliphatic heterocycles. The number of rotatable bonds is 0. The van der Waals surface area contributed by atoms with Crippen molar-refractivity contribution in [1.29, 1.82) is 0 Å². The zero-order valence-corrected chi connectivity index (χ0v) is 7.78. The molecule has 0 aromatic heterocycles. The quantitative estimate of drug-likeness (QED) is 0.548. The van der Waals surface area contributed by atoms with Crippen molar-refractivity contribution in [3.8, 4) is 0 Å². The van der Waals surface area contributed by atoms with Gasteiger partial charge in [0.1, 0.15) is 0 Å². The molecule has 0 aromatic rings. The van der Waals surface area contributed by atoms with Gasteiger partial charge >= 0.3 is 54.0 Å². The summed E-state index contributed by atoms with van der Waals surface area (Å²) in [6.07, 6.45) is 0. The monoisotopic (exact) mass is 188 g/mol. The van der Waals surface area contributed by atoms with Crippen LogP contribution in [0.4, 0.5) is 0 Å². The Morgan fingerprint density at radius 1 is 1.33 bits per heavy atom. The molecule has 0 heterocycles. The summed E-state index contributed by atoms with van der Waals surface area (Å²) in [7, 11) is 0. The van der Waals surface area contributed by atoms with E-state index < -0.39 is 0 Å². The first kappa shape index (κ1) is 6.83. The van der Waals surface area contributed by atoms with E-state index >= 15 is 0 Å². The fourth-order valence-electron chi connectivity index (χ4n) is 0. The molecule has 0 unspecified atom stereocenters. The SMILES string of the molecule is CC(C)(C)[O][In]. The molecule has 0 N–H and O–H groups in total. The number of hydrogen-bond acceptors (Lipinski definition) is 1. The summed E-state index contributed by atoms with van der Waals surface area (Å²) in [5.41, 5.74) is 0.0994. The number of hydrogen-bond donors (Lipinski definition) is 0. The van der Waals surface area contributed by atoms with Gasteiger partial charge in [0.25, 0.3) is 0 Å². The second-order valence-corrected chi connectivity index (χ2v) is 2.90. The standard InChI is InChI=1S/C4H9O.In/c1-4(2,3)5;/h1-3H3;/q-1;+1. The summed E-state index contributed by atoms with van der Waals surface area (Å²) in [4.78, 5) is 0. The fourth-order valence-corrected chi connectivity index (χ4v) is 0. The van der Waals surface area contributed by atoms with Crippen LogP contribution in [0.3, 0.4) is 0 Å². The first-order chi connectivity index (χ1) is 2.56. The van der Waals surface area contributed by atoms with E-state index in [9.17, 15) is 0 Å². The molecule has 0 rings (SSSR count). The van der Waals surface area contributed by atoms with Gasteiger partial charge in [-0.3, -0.25) is 0 Å².